The number of fused-ring (bicyclic) bond motifs is 9. The summed E-state index contributed by atoms with van der Waals surface area (Å²) in [5, 5.41) is 3.92. The summed E-state index contributed by atoms with van der Waals surface area (Å²) in [7, 11) is 0. The van der Waals surface area contributed by atoms with E-state index in [-0.39, 0.29) is 5.91 Å². The van der Waals surface area contributed by atoms with Crippen molar-refractivity contribution >= 4 is 29.1 Å². The Labute approximate surface area is 156 Å². The first-order valence-corrected chi connectivity index (χ1v) is 8.66. The molecule has 130 valence electrons. The topological polar surface area (TPSA) is 47.6 Å². The van der Waals surface area contributed by atoms with Crippen LogP contribution in [0, 0.1) is 0 Å². The number of benzene rings is 2. The number of hydrogen-bond donors (Lipinski definition) is 1. The molecule has 4 rings (SSSR count). The fourth-order valence-electron chi connectivity index (χ4n) is 2.45. The molecular formula is C19H17Cl2NO3. The summed E-state index contributed by atoms with van der Waals surface area (Å²) in [5.41, 5.74) is 1.43. The predicted octanol–water partition coefficient (Wildman–Crippen LogP) is 4.29. The number of halogens is 2. The van der Waals surface area contributed by atoms with Gasteiger partial charge in [-0.2, -0.15) is 0 Å². The van der Waals surface area contributed by atoms with Crippen LogP contribution in [0.5, 0.6) is 11.5 Å². The molecule has 2 aliphatic heterocycles. The van der Waals surface area contributed by atoms with Gasteiger partial charge in [0.2, 0.25) is 0 Å². The lowest BCUT2D eigenvalue weighted by Crippen LogP contribution is -2.26. The second-order valence-electron chi connectivity index (χ2n) is 5.50. The van der Waals surface area contributed by atoms with Crippen molar-refractivity contribution < 1.29 is 14.3 Å². The van der Waals surface area contributed by atoms with Crippen LogP contribution in [0.1, 0.15) is 15.9 Å². The van der Waals surface area contributed by atoms with Gasteiger partial charge in [-0.15, -0.1) is 0 Å². The fourth-order valence-corrected chi connectivity index (χ4v) is 2.88. The molecular weight excluding hydrogens is 361 g/mol. The maximum absolute atomic E-state index is 12.5. The van der Waals surface area contributed by atoms with Crippen LogP contribution in [-0.2, 0) is 6.42 Å². The van der Waals surface area contributed by atoms with Crippen LogP contribution in [0.15, 0.2) is 48.6 Å². The molecule has 2 aromatic carbocycles. The zero-order chi connectivity index (χ0) is 17.6. The zero-order valence-electron chi connectivity index (χ0n) is 13.4. The van der Waals surface area contributed by atoms with Gasteiger partial charge in [0, 0.05) is 11.6 Å². The van der Waals surface area contributed by atoms with E-state index in [1.165, 1.54) is 0 Å². The molecule has 1 amide bonds. The number of carbonyl (C=O) groups excluding carboxylic acids is 1. The first kappa shape index (κ1) is 17.6. The van der Waals surface area contributed by atoms with Gasteiger partial charge in [-0.3, -0.25) is 4.79 Å². The summed E-state index contributed by atoms with van der Waals surface area (Å²) in [4.78, 5) is 12.5. The smallest absolute Gasteiger partial charge is 0.255 e. The number of hydrogen-bond acceptors (Lipinski definition) is 3. The van der Waals surface area contributed by atoms with E-state index in [1.807, 2.05) is 30.4 Å². The summed E-state index contributed by atoms with van der Waals surface area (Å²) in [6.45, 7) is 1.18. The van der Waals surface area contributed by atoms with E-state index < -0.39 is 0 Å². The third kappa shape index (κ3) is 4.68. The van der Waals surface area contributed by atoms with Gasteiger partial charge in [-0.1, -0.05) is 29.3 Å². The maximum Gasteiger partial charge on any atom is 0.255 e. The number of nitrogens with one attached hydrogen (secondary N) is 1. The van der Waals surface area contributed by atoms with Crippen molar-refractivity contribution in [3.63, 3.8) is 0 Å². The molecule has 0 aromatic heterocycles. The Bertz CT molecular complexity index is 805. The van der Waals surface area contributed by atoms with Crippen LogP contribution in [-0.4, -0.2) is 25.7 Å². The van der Waals surface area contributed by atoms with Gasteiger partial charge in [-0.25, -0.2) is 0 Å². The molecule has 2 aromatic rings. The van der Waals surface area contributed by atoms with Gasteiger partial charge >= 0.3 is 0 Å². The van der Waals surface area contributed by atoms with Crippen molar-refractivity contribution in [2.24, 2.45) is 0 Å². The highest BCUT2D eigenvalue weighted by Gasteiger charge is 2.13. The van der Waals surface area contributed by atoms with Crippen LogP contribution in [0.25, 0.3) is 0 Å². The summed E-state index contributed by atoms with van der Waals surface area (Å²) in [5.74, 6) is 0.901. The number of carbonyl (C=O) groups is 1. The lowest BCUT2D eigenvalue weighted by atomic mass is 10.1. The summed E-state index contributed by atoms with van der Waals surface area (Å²) in [6, 6.07) is 10.6. The Kier molecular flexibility index (Phi) is 5.84. The molecule has 1 N–H and O–H groups in total. The Morgan fingerprint density at radius 1 is 0.920 bits per heavy atom. The molecule has 0 unspecified atom stereocenters. The quantitative estimate of drug-likeness (QED) is 0.696. The van der Waals surface area contributed by atoms with Gasteiger partial charge in [0.1, 0.15) is 24.7 Å². The van der Waals surface area contributed by atoms with E-state index in [2.05, 4.69) is 5.32 Å². The Hall–Kier alpha value is -2.17. The number of rotatable bonds is 0. The molecule has 0 saturated heterocycles. The molecule has 4 nitrogen and oxygen atoms in total. The summed E-state index contributed by atoms with van der Waals surface area (Å²) >= 11 is 12.2. The van der Waals surface area contributed by atoms with Gasteiger partial charge < -0.3 is 14.8 Å². The highest BCUT2D eigenvalue weighted by Crippen LogP contribution is 2.26. The second-order valence-corrected chi connectivity index (χ2v) is 6.35. The molecule has 2 bridgehead atoms. The maximum atomic E-state index is 12.5. The highest BCUT2D eigenvalue weighted by molar-refractivity contribution is 6.32. The second kappa shape index (κ2) is 8.28. The van der Waals surface area contributed by atoms with E-state index in [4.69, 9.17) is 32.7 Å². The largest absolute Gasteiger partial charge is 0.489 e. The van der Waals surface area contributed by atoms with Gasteiger partial charge in [-0.05, 0) is 54.5 Å². The minimum atomic E-state index is -0.223. The molecule has 0 radical (unpaired) electrons. The van der Waals surface area contributed by atoms with Crippen molar-refractivity contribution in [1.29, 1.82) is 0 Å². The average Bonchev–Trinajstić information content (AvgIpc) is 2.59. The molecule has 25 heavy (non-hydrogen) atoms. The molecule has 0 fully saturated rings. The number of ether oxygens (including phenoxy) is 2. The minimum absolute atomic E-state index is 0.223. The lowest BCUT2D eigenvalue weighted by Gasteiger charge is -2.13. The van der Waals surface area contributed by atoms with E-state index in [1.54, 1.807) is 18.2 Å². The summed E-state index contributed by atoms with van der Waals surface area (Å²) in [6.07, 6.45) is 4.32. The van der Waals surface area contributed by atoms with Crippen molar-refractivity contribution in [2.45, 2.75) is 6.42 Å². The lowest BCUT2D eigenvalue weighted by molar-refractivity contribution is 0.0950. The highest BCUT2D eigenvalue weighted by atomic mass is 35.5. The third-order valence-electron chi connectivity index (χ3n) is 3.72. The molecule has 0 aliphatic carbocycles. The first-order valence-electron chi connectivity index (χ1n) is 7.90. The van der Waals surface area contributed by atoms with Crippen LogP contribution in [0.3, 0.4) is 0 Å². The summed E-state index contributed by atoms with van der Waals surface area (Å²) < 4.78 is 11.3. The van der Waals surface area contributed by atoms with Gasteiger partial charge in [0.25, 0.3) is 5.91 Å². The minimum Gasteiger partial charge on any atom is -0.489 e. The number of amides is 1. The van der Waals surface area contributed by atoms with Crippen molar-refractivity contribution in [2.75, 3.05) is 19.8 Å². The van der Waals surface area contributed by atoms with Crippen LogP contribution in [0.2, 0.25) is 10.0 Å². The van der Waals surface area contributed by atoms with E-state index in [9.17, 15) is 4.79 Å². The fraction of sp³-hybridized carbons (Fsp3) is 0.211. The van der Waals surface area contributed by atoms with E-state index >= 15 is 0 Å². The molecule has 2 heterocycles. The monoisotopic (exact) mass is 377 g/mol. The molecule has 0 spiro atoms. The molecule has 0 atom stereocenters. The SMILES string of the molecule is O=C1NCCc2ccc(c(Cl)c2)OC/C=C/COc2ccc(Cl)cc21. The first-order chi connectivity index (χ1) is 12.1. The van der Waals surface area contributed by atoms with E-state index in [0.29, 0.717) is 53.3 Å². The Balaban J connectivity index is 1.84. The van der Waals surface area contributed by atoms with Crippen molar-refractivity contribution in [3.05, 3.63) is 69.7 Å². The normalized spacial score (nSPS) is 16.3. The molecule has 6 heteroatoms. The third-order valence-corrected chi connectivity index (χ3v) is 4.25. The predicted molar refractivity (Wildman–Crippen MR) is 99.1 cm³/mol. The average molecular weight is 378 g/mol. The zero-order valence-corrected chi connectivity index (χ0v) is 14.9. The Morgan fingerprint density at radius 3 is 2.40 bits per heavy atom. The van der Waals surface area contributed by atoms with E-state index in [0.717, 1.165) is 5.56 Å². The standard InChI is InChI=1S/C19H17Cl2NO3/c20-14-4-6-17-15(12-14)19(23)22-8-7-13-3-5-18(16(21)11-13)25-10-2-1-9-24-17/h1-6,11-12H,7-10H2,(H,22,23)/b2-1+. The van der Waals surface area contributed by atoms with Crippen molar-refractivity contribution in [1.82, 2.24) is 5.32 Å². The Morgan fingerprint density at radius 2 is 1.64 bits per heavy atom. The van der Waals surface area contributed by atoms with Crippen LogP contribution >= 0.6 is 23.2 Å². The van der Waals surface area contributed by atoms with Crippen LogP contribution in [0.4, 0.5) is 0 Å². The molecule has 2 aliphatic rings. The van der Waals surface area contributed by atoms with Crippen LogP contribution < -0.4 is 14.8 Å². The van der Waals surface area contributed by atoms with Gasteiger partial charge in [0.15, 0.2) is 0 Å². The molecule has 0 saturated carbocycles. The van der Waals surface area contributed by atoms with Gasteiger partial charge in [0.05, 0.1) is 10.6 Å². The van der Waals surface area contributed by atoms with Crippen molar-refractivity contribution in [3.8, 4) is 11.5 Å².